The van der Waals surface area contributed by atoms with Crippen LogP contribution < -0.4 is 15.4 Å². The Morgan fingerprint density at radius 1 is 0.760 bits per heavy atom. The smallest absolute Gasteiger partial charge is 0.335 e. The number of carboxylic acid groups (broad SMARTS) is 1. The summed E-state index contributed by atoms with van der Waals surface area (Å²) in [6.45, 7) is 2.39. The molecule has 256 valence electrons. The Labute approximate surface area is 295 Å². The number of hydrogen-bond donors (Lipinski definition) is 4. The zero-order chi connectivity index (χ0) is 34.9. The van der Waals surface area contributed by atoms with Gasteiger partial charge in [0.25, 0.3) is 0 Å². The second-order valence-electron chi connectivity index (χ2n) is 12.0. The van der Waals surface area contributed by atoms with Gasteiger partial charge in [-0.15, -0.1) is 11.8 Å². The van der Waals surface area contributed by atoms with Crippen LogP contribution in [0.2, 0.25) is 0 Å². The second-order valence-corrected chi connectivity index (χ2v) is 13.0. The van der Waals surface area contributed by atoms with Gasteiger partial charge in [0.1, 0.15) is 11.5 Å². The molecule has 4 atom stereocenters. The number of aliphatic hydroxyl groups excluding tert-OH is 1. The van der Waals surface area contributed by atoms with E-state index in [9.17, 15) is 19.8 Å². The van der Waals surface area contributed by atoms with Crippen molar-refractivity contribution in [1.82, 2.24) is 5.32 Å². The lowest BCUT2D eigenvalue weighted by Crippen LogP contribution is -2.38. The summed E-state index contributed by atoms with van der Waals surface area (Å²) in [6, 6.07) is 38.7. The largest absolute Gasteiger partial charge is 0.478 e. The first kappa shape index (κ1) is 34.7. The van der Waals surface area contributed by atoms with Crippen LogP contribution in [0, 0.1) is 5.92 Å². The van der Waals surface area contributed by atoms with Crippen molar-refractivity contribution in [1.29, 1.82) is 0 Å². The number of aliphatic hydroxyl groups is 1. The minimum Gasteiger partial charge on any atom is -0.478 e. The summed E-state index contributed by atoms with van der Waals surface area (Å²) in [6.07, 6.45) is -1.07. The van der Waals surface area contributed by atoms with Crippen LogP contribution in [0.1, 0.15) is 51.9 Å². The number of ether oxygens (including phenoxy) is 3. The van der Waals surface area contributed by atoms with Crippen molar-refractivity contribution in [3.8, 4) is 11.5 Å². The number of nitrogens with one attached hydrogen (secondary N) is 2. The number of amides is 2. The number of carbonyl (C=O) groups excluding carboxylic acids is 1. The Hall–Kier alpha value is -5.13. The van der Waals surface area contributed by atoms with Crippen molar-refractivity contribution in [3.05, 3.63) is 155 Å². The maximum absolute atomic E-state index is 12.6. The number of rotatable bonds is 12. The van der Waals surface area contributed by atoms with Crippen LogP contribution >= 0.6 is 11.8 Å². The van der Waals surface area contributed by atoms with Gasteiger partial charge in [0, 0.05) is 34.4 Å². The van der Waals surface area contributed by atoms with Crippen LogP contribution in [0.25, 0.3) is 0 Å². The third-order valence-corrected chi connectivity index (χ3v) is 9.54. The molecule has 4 N–H and O–H groups in total. The molecule has 0 spiro atoms. The number of carbonyl (C=O) groups is 2. The fourth-order valence-electron chi connectivity index (χ4n) is 5.56. The van der Waals surface area contributed by atoms with E-state index in [1.54, 1.807) is 48.2 Å². The first-order valence-electron chi connectivity index (χ1n) is 16.3. The molecule has 9 nitrogen and oxygen atoms in total. The summed E-state index contributed by atoms with van der Waals surface area (Å²) in [5.41, 5.74) is 4.47. The van der Waals surface area contributed by atoms with Gasteiger partial charge in [-0.2, -0.15) is 0 Å². The average Bonchev–Trinajstić information content (AvgIpc) is 3.15. The number of para-hydroxylation sites is 1. The maximum atomic E-state index is 12.6. The predicted molar refractivity (Wildman–Crippen MR) is 192 cm³/mol. The minimum absolute atomic E-state index is 0.00611. The topological polar surface area (TPSA) is 126 Å². The van der Waals surface area contributed by atoms with Crippen LogP contribution in [0.3, 0.4) is 0 Å². The number of hydrogen-bond acceptors (Lipinski definition) is 7. The number of urea groups is 1. The Balaban J connectivity index is 1.07. The minimum atomic E-state index is -0.956. The fraction of sp³-hybridized carbons (Fsp3) is 0.200. The number of carboxylic acids is 1. The molecule has 6 rings (SSSR count). The van der Waals surface area contributed by atoms with E-state index in [1.165, 1.54) is 0 Å². The highest BCUT2D eigenvalue weighted by atomic mass is 32.2. The number of aromatic carboxylic acids is 1. The normalized spacial score (nSPS) is 18.6. The standard InChI is InChI=1S/C40H38N2O7S/c1-26-36(25-50-35-21-15-30(16-22-35)38(44)45)48-39(49-37(26)29-11-9-28(24-43)10-12-29)31-13-7-27(8-14-31)23-41-40(46)42-32-17-19-34(20-18-32)47-33-5-3-2-4-6-33/h2-22,26,36-37,39,43H,23-25H2,1H3,(H,44,45)(H2,41,42,46). The third kappa shape index (κ3) is 9.10. The van der Waals surface area contributed by atoms with Gasteiger partial charge in [-0.25, -0.2) is 9.59 Å². The Bertz CT molecular complexity index is 1850. The van der Waals surface area contributed by atoms with Gasteiger partial charge in [0.2, 0.25) is 0 Å². The second kappa shape index (κ2) is 16.5. The molecule has 4 unspecified atom stereocenters. The van der Waals surface area contributed by atoms with Crippen molar-refractivity contribution >= 4 is 29.4 Å². The highest BCUT2D eigenvalue weighted by molar-refractivity contribution is 7.99. The highest BCUT2D eigenvalue weighted by Crippen LogP contribution is 2.43. The van der Waals surface area contributed by atoms with Gasteiger partial charge in [-0.05, 0) is 77.4 Å². The lowest BCUT2D eigenvalue weighted by molar-refractivity contribution is -0.268. The SMILES string of the molecule is CC1C(CSc2ccc(C(=O)O)cc2)OC(c2ccc(CNC(=O)Nc3ccc(Oc4ccccc4)cc3)cc2)OC1c1ccc(CO)cc1. The molecule has 1 saturated heterocycles. The van der Waals surface area contributed by atoms with Crippen LogP contribution in [0.5, 0.6) is 11.5 Å². The van der Waals surface area contributed by atoms with E-state index in [2.05, 4.69) is 17.6 Å². The lowest BCUT2D eigenvalue weighted by atomic mass is 9.91. The summed E-state index contributed by atoms with van der Waals surface area (Å²) in [7, 11) is 0. The van der Waals surface area contributed by atoms with Gasteiger partial charge >= 0.3 is 12.0 Å². The molecule has 2 amide bonds. The molecule has 50 heavy (non-hydrogen) atoms. The van der Waals surface area contributed by atoms with Gasteiger partial charge < -0.3 is 35.1 Å². The fourth-order valence-corrected chi connectivity index (χ4v) is 6.63. The lowest BCUT2D eigenvalue weighted by Gasteiger charge is -2.41. The summed E-state index contributed by atoms with van der Waals surface area (Å²) in [5.74, 6) is 1.10. The van der Waals surface area contributed by atoms with Gasteiger partial charge in [-0.1, -0.05) is 73.7 Å². The predicted octanol–water partition coefficient (Wildman–Crippen LogP) is 8.57. The van der Waals surface area contributed by atoms with Crippen molar-refractivity contribution in [2.45, 2.75) is 43.5 Å². The molecule has 1 heterocycles. The third-order valence-electron chi connectivity index (χ3n) is 8.43. The van der Waals surface area contributed by atoms with E-state index < -0.39 is 12.3 Å². The summed E-state index contributed by atoms with van der Waals surface area (Å²) in [5, 5.41) is 24.5. The monoisotopic (exact) mass is 690 g/mol. The van der Waals surface area contributed by atoms with Gasteiger partial charge in [0.05, 0.1) is 24.4 Å². The molecule has 1 fully saturated rings. The molecule has 10 heteroatoms. The number of thioether (sulfide) groups is 1. The average molecular weight is 691 g/mol. The van der Waals surface area contributed by atoms with Gasteiger partial charge in [0.15, 0.2) is 6.29 Å². The highest BCUT2D eigenvalue weighted by Gasteiger charge is 2.38. The molecule has 0 aromatic heterocycles. The molecular weight excluding hydrogens is 653 g/mol. The molecule has 1 aliphatic heterocycles. The number of benzene rings is 5. The maximum Gasteiger partial charge on any atom is 0.335 e. The zero-order valence-corrected chi connectivity index (χ0v) is 28.2. The Morgan fingerprint density at radius 3 is 2.06 bits per heavy atom. The Morgan fingerprint density at radius 2 is 1.40 bits per heavy atom. The van der Waals surface area contributed by atoms with E-state index in [1.807, 2.05) is 91.0 Å². The van der Waals surface area contributed by atoms with E-state index in [0.29, 0.717) is 23.7 Å². The molecule has 0 bridgehead atoms. The van der Waals surface area contributed by atoms with Crippen LogP contribution in [0.4, 0.5) is 10.5 Å². The molecule has 5 aromatic rings. The molecular formula is C40H38N2O7S. The number of anilines is 1. The molecule has 0 radical (unpaired) electrons. The van der Waals surface area contributed by atoms with Crippen LogP contribution in [-0.4, -0.2) is 34.1 Å². The van der Waals surface area contributed by atoms with Crippen LogP contribution in [-0.2, 0) is 22.6 Å². The molecule has 0 saturated carbocycles. The summed E-state index contributed by atoms with van der Waals surface area (Å²) in [4.78, 5) is 24.9. The van der Waals surface area contributed by atoms with Crippen molar-refractivity contribution in [2.75, 3.05) is 11.1 Å². The van der Waals surface area contributed by atoms with Crippen molar-refractivity contribution in [2.24, 2.45) is 5.92 Å². The first-order valence-corrected chi connectivity index (χ1v) is 17.3. The van der Waals surface area contributed by atoms with Crippen molar-refractivity contribution in [3.63, 3.8) is 0 Å². The summed E-state index contributed by atoms with van der Waals surface area (Å²) < 4.78 is 18.9. The molecule has 5 aromatic carbocycles. The quantitative estimate of drug-likeness (QED) is 0.0960. The zero-order valence-electron chi connectivity index (χ0n) is 27.4. The molecule has 0 aliphatic carbocycles. The van der Waals surface area contributed by atoms with E-state index in [-0.39, 0.29) is 36.3 Å². The van der Waals surface area contributed by atoms with Gasteiger partial charge in [-0.3, -0.25) is 0 Å². The first-order chi connectivity index (χ1) is 24.3. The van der Waals surface area contributed by atoms with E-state index in [0.717, 1.165) is 32.9 Å². The van der Waals surface area contributed by atoms with E-state index in [4.69, 9.17) is 14.2 Å². The summed E-state index contributed by atoms with van der Waals surface area (Å²) >= 11 is 1.61. The van der Waals surface area contributed by atoms with Crippen molar-refractivity contribution < 1.29 is 34.0 Å². The molecule has 1 aliphatic rings. The van der Waals surface area contributed by atoms with Crippen LogP contribution in [0.15, 0.2) is 132 Å². The Kier molecular flexibility index (Phi) is 11.5. The van der Waals surface area contributed by atoms with E-state index >= 15 is 0 Å².